The van der Waals surface area contributed by atoms with Crippen molar-refractivity contribution in [2.24, 2.45) is 0 Å². The Hall–Kier alpha value is -4.73. The van der Waals surface area contributed by atoms with Crippen molar-refractivity contribution in [3.63, 3.8) is 0 Å². The zero-order valence-electron chi connectivity index (χ0n) is 26.9. The number of hydrogen-bond donors (Lipinski definition) is 0. The number of hydrogen-bond acceptors (Lipinski definition) is 3. The smallest absolute Gasteiger partial charge is 0.0246 e. The van der Waals surface area contributed by atoms with E-state index in [1.54, 1.807) is 6.20 Å². The number of aromatic nitrogens is 2. The van der Waals surface area contributed by atoms with Crippen LogP contribution in [0.2, 0.25) is 0 Å². The maximum absolute atomic E-state index is 4.82. The first kappa shape index (κ1) is 31.8. The summed E-state index contributed by atoms with van der Waals surface area (Å²) in [6, 6.07) is 51.4. The molecule has 0 bridgehead atoms. The van der Waals surface area contributed by atoms with E-state index in [9.17, 15) is 0 Å². The van der Waals surface area contributed by atoms with Crippen LogP contribution in [0.5, 0.6) is 0 Å². The topological polar surface area (TPSA) is 25.8 Å². The zero-order chi connectivity index (χ0) is 32.0. The van der Waals surface area contributed by atoms with Gasteiger partial charge in [0.25, 0.3) is 0 Å². The Morgan fingerprint density at radius 2 is 1.29 bits per heavy atom. The third-order valence-corrected chi connectivity index (χ3v) is 9.97. The van der Waals surface area contributed by atoms with Crippen molar-refractivity contribution in [1.82, 2.24) is 9.97 Å². The molecular weight excluding hydrogens is 781 g/mol. The molecule has 48 heavy (non-hydrogen) atoms. The van der Waals surface area contributed by atoms with Gasteiger partial charge in [-0.15, -0.1) is 59.7 Å². The number of thiophene rings is 1. The summed E-state index contributed by atoms with van der Waals surface area (Å²) in [6.45, 7) is 6.80. The number of pyridine rings is 2. The summed E-state index contributed by atoms with van der Waals surface area (Å²) >= 11 is 1.83. The fourth-order valence-electron chi connectivity index (χ4n) is 6.37. The molecule has 1 radical (unpaired) electrons. The van der Waals surface area contributed by atoms with Gasteiger partial charge in [0.2, 0.25) is 0 Å². The van der Waals surface area contributed by atoms with Crippen molar-refractivity contribution in [2.75, 3.05) is 0 Å². The fraction of sp³-hybridized carbons (Fsp3) is 0.0909. The van der Waals surface area contributed by atoms with Gasteiger partial charge in [-0.05, 0) is 83.0 Å². The molecule has 0 unspecified atom stereocenters. The average molecular weight is 813 g/mol. The Morgan fingerprint density at radius 3 is 2.10 bits per heavy atom. The fourth-order valence-corrected chi connectivity index (χ4v) is 7.49. The monoisotopic (exact) mass is 813 g/mol. The van der Waals surface area contributed by atoms with Crippen LogP contribution in [0.25, 0.3) is 75.0 Å². The maximum Gasteiger partial charge on any atom is 0.0246 e. The Morgan fingerprint density at radius 1 is 0.542 bits per heavy atom. The minimum Gasteiger partial charge on any atom is -0.305 e. The van der Waals surface area contributed by atoms with Gasteiger partial charge in [-0.3, -0.25) is 0 Å². The van der Waals surface area contributed by atoms with Gasteiger partial charge in [-0.2, -0.15) is 11.3 Å². The van der Waals surface area contributed by atoms with E-state index in [-0.39, 0.29) is 25.5 Å². The van der Waals surface area contributed by atoms with E-state index >= 15 is 0 Å². The molecule has 0 aliphatic rings. The second-order valence-electron chi connectivity index (χ2n) is 12.9. The van der Waals surface area contributed by atoms with Gasteiger partial charge in [0, 0.05) is 37.2 Å². The molecule has 0 aliphatic carbocycles. The first-order chi connectivity index (χ1) is 22.9. The van der Waals surface area contributed by atoms with Gasteiger partial charge in [0.15, 0.2) is 0 Å². The van der Waals surface area contributed by atoms with Crippen molar-refractivity contribution in [1.29, 1.82) is 0 Å². The van der Waals surface area contributed by atoms with E-state index in [0.717, 1.165) is 22.5 Å². The average Bonchev–Trinajstić information content (AvgIpc) is 3.49. The van der Waals surface area contributed by atoms with Crippen molar-refractivity contribution < 1.29 is 20.1 Å². The molecule has 6 aromatic carbocycles. The van der Waals surface area contributed by atoms with E-state index in [4.69, 9.17) is 4.98 Å². The van der Waals surface area contributed by atoms with E-state index in [2.05, 4.69) is 123 Å². The predicted molar refractivity (Wildman–Crippen MR) is 201 cm³/mol. The summed E-state index contributed by atoms with van der Waals surface area (Å²) in [6.07, 6.45) is 3.73. The van der Waals surface area contributed by atoms with Gasteiger partial charge < -0.3 is 9.97 Å². The quantitative estimate of drug-likeness (QED) is 0.128. The van der Waals surface area contributed by atoms with E-state index in [0.29, 0.717) is 0 Å². The molecule has 0 saturated carbocycles. The van der Waals surface area contributed by atoms with Crippen LogP contribution in [0.4, 0.5) is 0 Å². The van der Waals surface area contributed by atoms with Crippen LogP contribution in [0.3, 0.4) is 0 Å². The minimum absolute atomic E-state index is 0. The summed E-state index contributed by atoms with van der Waals surface area (Å²) in [5, 5.41) is 10.1. The number of nitrogens with zero attached hydrogens (tertiary/aromatic N) is 2. The Balaban J connectivity index is 0.000000237. The standard InChI is InChI=1S/C33H24NS.C11H8N.Ir/c1-33(2,3)22-10-13-23-20(18-22)8-11-25-24(23)14-15-29-26(25)16-17-34-32(29)21-9-12-28-27-6-4-5-7-30(27)35-31(28)19-21;1-2-6-10(7-3-1)11-8-4-5-9-12-11;/h4-8,10-19H,1-3H3;1-6,8-9H;/q2*-1;. The summed E-state index contributed by atoms with van der Waals surface area (Å²) in [4.78, 5) is 9.04. The van der Waals surface area contributed by atoms with Crippen LogP contribution in [0, 0.1) is 12.1 Å². The molecule has 0 fully saturated rings. The zero-order valence-corrected chi connectivity index (χ0v) is 30.1. The molecule has 0 amide bonds. The molecule has 0 spiro atoms. The summed E-state index contributed by atoms with van der Waals surface area (Å²) < 4.78 is 2.59. The van der Waals surface area contributed by atoms with Crippen LogP contribution >= 0.6 is 11.3 Å². The van der Waals surface area contributed by atoms with E-state index < -0.39 is 0 Å². The molecule has 0 atom stereocenters. The minimum atomic E-state index is 0. The third kappa shape index (κ3) is 5.93. The number of rotatable bonds is 2. The van der Waals surface area contributed by atoms with Gasteiger partial charge in [-0.1, -0.05) is 99.0 Å². The predicted octanol–water partition coefficient (Wildman–Crippen LogP) is 12.2. The number of benzene rings is 6. The molecule has 235 valence electrons. The molecule has 9 aromatic rings. The Bertz CT molecular complexity index is 2510. The summed E-state index contributed by atoms with van der Waals surface area (Å²) in [7, 11) is 0. The second kappa shape index (κ2) is 13.1. The largest absolute Gasteiger partial charge is 0.305 e. The van der Waals surface area contributed by atoms with Crippen LogP contribution in [0.1, 0.15) is 26.3 Å². The van der Waals surface area contributed by atoms with Gasteiger partial charge in [0.05, 0.1) is 0 Å². The normalized spacial score (nSPS) is 11.5. The molecule has 0 N–H and O–H groups in total. The summed E-state index contributed by atoms with van der Waals surface area (Å²) in [5.74, 6) is 0. The van der Waals surface area contributed by atoms with Crippen molar-refractivity contribution in [3.05, 3.63) is 157 Å². The first-order valence-electron chi connectivity index (χ1n) is 15.9. The van der Waals surface area contributed by atoms with E-state index in [1.807, 2.05) is 60.0 Å². The van der Waals surface area contributed by atoms with Gasteiger partial charge >= 0.3 is 0 Å². The van der Waals surface area contributed by atoms with Crippen molar-refractivity contribution >= 4 is 63.8 Å². The van der Waals surface area contributed by atoms with Crippen molar-refractivity contribution in [3.8, 4) is 22.5 Å². The Kier molecular flexibility index (Phi) is 8.66. The number of fused-ring (bicyclic) bond motifs is 8. The van der Waals surface area contributed by atoms with Crippen LogP contribution in [-0.4, -0.2) is 9.97 Å². The molecule has 3 aromatic heterocycles. The molecule has 3 heterocycles. The van der Waals surface area contributed by atoms with Crippen LogP contribution in [-0.2, 0) is 25.5 Å². The van der Waals surface area contributed by atoms with E-state index in [1.165, 1.54) is 58.1 Å². The maximum atomic E-state index is 4.82. The molecule has 4 heteroatoms. The molecule has 0 saturated heterocycles. The second-order valence-corrected chi connectivity index (χ2v) is 14.0. The van der Waals surface area contributed by atoms with Gasteiger partial charge in [0.1, 0.15) is 0 Å². The molecule has 2 nitrogen and oxygen atoms in total. The Labute approximate surface area is 298 Å². The molecule has 0 aliphatic heterocycles. The third-order valence-electron chi connectivity index (χ3n) is 8.84. The van der Waals surface area contributed by atoms with Crippen molar-refractivity contribution in [2.45, 2.75) is 26.2 Å². The SMILES string of the molecule is CC(C)(C)c1ccc2c(ccc3c4ccnc(-c5[c-]cc6c(c5)sc5ccccc56)c4ccc23)c1.[Ir].[c-]1ccccc1-c1ccccn1. The first-order valence-corrected chi connectivity index (χ1v) is 16.7. The molecular formula is C44H32IrN2S-2. The van der Waals surface area contributed by atoms with Gasteiger partial charge in [-0.25, -0.2) is 0 Å². The van der Waals surface area contributed by atoms with Crippen LogP contribution < -0.4 is 0 Å². The van der Waals surface area contributed by atoms with Crippen LogP contribution in [0.15, 0.2) is 140 Å². The summed E-state index contributed by atoms with van der Waals surface area (Å²) in [5.41, 5.74) is 5.55. The molecule has 9 rings (SSSR count).